The monoisotopic (exact) mass is 251 g/mol. The van der Waals surface area contributed by atoms with E-state index in [0.29, 0.717) is 37.5 Å². The highest BCUT2D eigenvalue weighted by Gasteiger charge is 2.21. The molecule has 1 aromatic heterocycles. The first kappa shape index (κ1) is 12.6. The summed E-state index contributed by atoms with van der Waals surface area (Å²) in [7, 11) is 1.51. The molecule has 18 heavy (non-hydrogen) atoms. The SMILES string of the molecule is COc1ncccc1NC(=O)N1CCC(O)CC1. The van der Waals surface area contributed by atoms with Crippen LogP contribution in [0, 0.1) is 0 Å². The highest BCUT2D eigenvalue weighted by molar-refractivity contribution is 5.90. The summed E-state index contributed by atoms with van der Waals surface area (Å²) in [6.07, 6.45) is 2.56. The van der Waals surface area contributed by atoms with Crippen LogP contribution in [0.5, 0.6) is 5.88 Å². The van der Waals surface area contributed by atoms with Gasteiger partial charge in [0.15, 0.2) is 0 Å². The van der Waals surface area contributed by atoms with E-state index in [0.717, 1.165) is 0 Å². The lowest BCUT2D eigenvalue weighted by Gasteiger charge is -2.29. The molecule has 98 valence electrons. The molecule has 6 heteroatoms. The Morgan fingerprint density at radius 1 is 1.56 bits per heavy atom. The van der Waals surface area contributed by atoms with Gasteiger partial charge in [0.1, 0.15) is 5.69 Å². The number of aliphatic hydroxyl groups is 1. The minimum Gasteiger partial charge on any atom is -0.480 e. The molecule has 0 atom stereocenters. The maximum absolute atomic E-state index is 12.0. The van der Waals surface area contributed by atoms with E-state index >= 15 is 0 Å². The van der Waals surface area contributed by atoms with E-state index in [4.69, 9.17) is 4.74 Å². The molecule has 0 unspecified atom stereocenters. The molecule has 2 N–H and O–H groups in total. The van der Waals surface area contributed by atoms with Gasteiger partial charge < -0.3 is 20.1 Å². The molecule has 1 aromatic rings. The van der Waals surface area contributed by atoms with Gasteiger partial charge in [0, 0.05) is 19.3 Å². The zero-order chi connectivity index (χ0) is 13.0. The molecule has 0 radical (unpaired) electrons. The molecule has 0 aromatic carbocycles. The highest BCUT2D eigenvalue weighted by Crippen LogP contribution is 2.21. The van der Waals surface area contributed by atoms with Gasteiger partial charge >= 0.3 is 6.03 Å². The molecular formula is C12H17N3O3. The Balaban J connectivity index is 1.98. The molecule has 1 saturated heterocycles. The minimum atomic E-state index is -0.290. The van der Waals surface area contributed by atoms with Crippen molar-refractivity contribution in [2.75, 3.05) is 25.5 Å². The normalized spacial score (nSPS) is 16.4. The van der Waals surface area contributed by atoms with Crippen LogP contribution in [-0.4, -0.2) is 47.3 Å². The van der Waals surface area contributed by atoms with E-state index in [1.807, 2.05) is 0 Å². The smallest absolute Gasteiger partial charge is 0.321 e. The van der Waals surface area contributed by atoms with Crippen LogP contribution in [0.4, 0.5) is 10.5 Å². The standard InChI is InChI=1S/C12H17N3O3/c1-18-11-10(3-2-6-13-11)14-12(17)15-7-4-9(16)5-8-15/h2-3,6,9,16H,4-5,7-8H2,1H3,(H,14,17). The number of ether oxygens (including phenoxy) is 1. The van der Waals surface area contributed by atoms with E-state index in [2.05, 4.69) is 10.3 Å². The molecule has 2 heterocycles. The summed E-state index contributed by atoms with van der Waals surface area (Å²) < 4.78 is 5.07. The molecule has 2 rings (SSSR count). The first-order chi connectivity index (χ1) is 8.70. The van der Waals surface area contributed by atoms with E-state index in [1.165, 1.54) is 7.11 Å². The molecule has 0 bridgehead atoms. The molecule has 0 saturated carbocycles. The van der Waals surface area contributed by atoms with Gasteiger partial charge in [0.05, 0.1) is 13.2 Å². The molecule has 2 amide bonds. The Labute approximate surface area is 106 Å². The number of amides is 2. The molecular weight excluding hydrogens is 234 g/mol. The Kier molecular flexibility index (Phi) is 3.99. The Bertz CT molecular complexity index is 417. The number of aromatic nitrogens is 1. The fourth-order valence-electron chi connectivity index (χ4n) is 1.91. The van der Waals surface area contributed by atoms with Gasteiger partial charge in [-0.05, 0) is 25.0 Å². The number of carbonyl (C=O) groups is 1. The average molecular weight is 251 g/mol. The maximum Gasteiger partial charge on any atom is 0.321 e. The third kappa shape index (κ3) is 2.89. The van der Waals surface area contributed by atoms with E-state index in [9.17, 15) is 9.90 Å². The number of nitrogens with zero attached hydrogens (tertiary/aromatic N) is 2. The van der Waals surface area contributed by atoms with Crippen LogP contribution < -0.4 is 10.1 Å². The molecule has 0 aliphatic carbocycles. The summed E-state index contributed by atoms with van der Waals surface area (Å²) in [5.74, 6) is 0.392. The third-order valence-corrected chi connectivity index (χ3v) is 2.96. The number of aliphatic hydroxyl groups excluding tert-OH is 1. The number of pyridine rings is 1. The second-order valence-corrected chi connectivity index (χ2v) is 4.21. The molecule has 1 aliphatic rings. The summed E-state index contributed by atoms with van der Waals surface area (Å²) in [6.45, 7) is 1.13. The quantitative estimate of drug-likeness (QED) is 0.824. The van der Waals surface area contributed by atoms with E-state index in [1.54, 1.807) is 23.2 Å². The number of hydrogen-bond donors (Lipinski definition) is 2. The van der Waals surface area contributed by atoms with Crippen LogP contribution >= 0.6 is 0 Å². The lowest BCUT2D eigenvalue weighted by Crippen LogP contribution is -2.42. The van der Waals surface area contributed by atoms with Crippen molar-refractivity contribution in [3.63, 3.8) is 0 Å². The van der Waals surface area contributed by atoms with Crippen molar-refractivity contribution in [1.82, 2.24) is 9.88 Å². The van der Waals surface area contributed by atoms with Crippen LogP contribution in [0.2, 0.25) is 0 Å². The van der Waals surface area contributed by atoms with E-state index < -0.39 is 0 Å². The predicted octanol–water partition coefficient (Wildman–Crippen LogP) is 1.08. The van der Waals surface area contributed by atoms with Crippen LogP contribution in [0.25, 0.3) is 0 Å². The summed E-state index contributed by atoms with van der Waals surface area (Å²) in [4.78, 5) is 17.7. The number of carbonyl (C=O) groups excluding carboxylic acids is 1. The van der Waals surface area contributed by atoms with Crippen LogP contribution in [0.1, 0.15) is 12.8 Å². The molecule has 0 spiro atoms. The Morgan fingerprint density at radius 3 is 2.94 bits per heavy atom. The van der Waals surface area contributed by atoms with Gasteiger partial charge in [-0.15, -0.1) is 0 Å². The summed E-state index contributed by atoms with van der Waals surface area (Å²) >= 11 is 0. The molecule has 6 nitrogen and oxygen atoms in total. The number of nitrogens with one attached hydrogen (secondary N) is 1. The molecule has 1 fully saturated rings. The van der Waals surface area contributed by atoms with Crippen molar-refractivity contribution in [2.24, 2.45) is 0 Å². The maximum atomic E-state index is 12.0. The van der Waals surface area contributed by atoms with Gasteiger partial charge in [-0.25, -0.2) is 9.78 Å². The van der Waals surface area contributed by atoms with Gasteiger partial charge in [0.2, 0.25) is 5.88 Å². The number of anilines is 1. The van der Waals surface area contributed by atoms with Crippen molar-refractivity contribution in [3.8, 4) is 5.88 Å². The largest absolute Gasteiger partial charge is 0.480 e. The Morgan fingerprint density at radius 2 is 2.28 bits per heavy atom. The van der Waals surface area contributed by atoms with Crippen LogP contribution in [0.15, 0.2) is 18.3 Å². The first-order valence-electron chi connectivity index (χ1n) is 5.93. The van der Waals surface area contributed by atoms with Crippen molar-refractivity contribution >= 4 is 11.7 Å². The second kappa shape index (κ2) is 5.68. The third-order valence-electron chi connectivity index (χ3n) is 2.96. The number of urea groups is 1. The molecule has 1 aliphatic heterocycles. The first-order valence-corrected chi connectivity index (χ1v) is 5.93. The zero-order valence-electron chi connectivity index (χ0n) is 10.3. The van der Waals surface area contributed by atoms with Gasteiger partial charge in [0.25, 0.3) is 0 Å². The van der Waals surface area contributed by atoms with Crippen LogP contribution in [0.3, 0.4) is 0 Å². The second-order valence-electron chi connectivity index (χ2n) is 4.21. The fraction of sp³-hybridized carbons (Fsp3) is 0.500. The predicted molar refractivity (Wildman–Crippen MR) is 66.6 cm³/mol. The van der Waals surface area contributed by atoms with Gasteiger partial charge in [-0.3, -0.25) is 0 Å². The van der Waals surface area contributed by atoms with Crippen molar-refractivity contribution in [2.45, 2.75) is 18.9 Å². The van der Waals surface area contributed by atoms with Crippen molar-refractivity contribution in [3.05, 3.63) is 18.3 Å². The van der Waals surface area contributed by atoms with Crippen molar-refractivity contribution < 1.29 is 14.6 Å². The van der Waals surface area contributed by atoms with Crippen LogP contribution in [-0.2, 0) is 0 Å². The number of rotatable bonds is 2. The van der Waals surface area contributed by atoms with Crippen molar-refractivity contribution in [1.29, 1.82) is 0 Å². The average Bonchev–Trinajstić information content (AvgIpc) is 2.40. The highest BCUT2D eigenvalue weighted by atomic mass is 16.5. The minimum absolute atomic E-state index is 0.187. The fourth-order valence-corrected chi connectivity index (χ4v) is 1.91. The van der Waals surface area contributed by atoms with E-state index in [-0.39, 0.29) is 12.1 Å². The summed E-state index contributed by atoms with van der Waals surface area (Å²) in [5.41, 5.74) is 0.552. The number of likely N-dealkylation sites (tertiary alicyclic amines) is 1. The summed E-state index contributed by atoms with van der Waals surface area (Å²) in [5, 5.41) is 12.2. The topological polar surface area (TPSA) is 74.7 Å². The van der Waals surface area contributed by atoms with Gasteiger partial charge in [-0.1, -0.05) is 0 Å². The Hall–Kier alpha value is -1.82. The lowest BCUT2D eigenvalue weighted by molar-refractivity contribution is 0.0972. The lowest BCUT2D eigenvalue weighted by atomic mass is 10.1. The number of piperidine rings is 1. The number of methoxy groups -OCH3 is 1. The number of hydrogen-bond acceptors (Lipinski definition) is 4. The zero-order valence-corrected chi connectivity index (χ0v) is 10.3. The summed E-state index contributed by atoms with van der Waals surface area (Å²) in [6, 6.07) is 3.29. The van der Waals surface area contributed by atoms with Gasteiger partial charge in [-0.2, -0.15) is 0 Å².